The average Bonchev–Trinajstić information content (AvgIpc) is 2.76. The maximum atomic E-state index is 9.78. The highest BCUT2D eigenvalue weighted by Gasteiger charge is 2.38. The van der Waals surface area contributed by atoms with Gasteiger partial charge in [0.05, 0.1) is 24.8 Å². The van der Waals surface area contributed by atoms with Crippen molar-refractivity contribution in [3.05, 3.63) is 59.2 Å². The molecule has 0 radical (unpaired) electrons. The number of aliphatic hydroxyl groups is 1. The first-order chi connectivity index (χ1) is 14.9. The molecule has 0 amide bonds. The van der Waals surface area contributed by atoms with Gasteiger partial charge in [-0.05, 0) is 74.9 Å². The zero-order valence-corrected chi connectivity index (χ0v) is 18.8. The van der Waals surface area contributed by atoms with E-state index in [9.17, 15) is 5.11 Å². The fourth-order valence-electron chi connectivity index (χ4n) is 5.61. The summed E-state index contributed by atoms with van der Waals surface area (Å²) in [6.07, 6.45) is 7.56. The number of rotatable bonds is 3. The molecule has 0 saturated carbocycles. The second-order valence-electron chi connectivity index (χ2n) is 9.53. The number of ether oxygens (including phenoxy) is 2. The number of hydrogen-bond donors (Lipinski definition) is 2. The topological polar surface area (TPSA) is 50.7 Å². The molecular weight excluding hydrogens is 386 g/mol. The minimum Gasteiger partial charge on any atom is -0.496 e. The van der Waals surface area contributed by atoms with Crippen molar-refractivity contribution in [2.45, 2.75) is 51.7 Å². The fourth-order valence-corrected chi connectivity index (χ4v) is 5.61. The van der Waals surface area contributed by atoms with E-state index in [-0.39, 0.29) is 24.2 Å². The number of methoxy groups -OCH3 is 1. The van der Waals surface area contributed by atoms with Gasteiger partial charge in [0.15, 0.2) is 0 Å². The van der Waals surface area contributed by atoms with Crippen LogP contribution in [0.2, 0.25) is 0 Å². The molecule has 3 aliphatic rings. The highest BCUT2D eigenvalue weighted by Crippen LogP contribution is 2.54. The Morgan fingerprint density at radius 2 is 2.03 bits per heavy atom. The molecular formula is C27H31NO3. The monoisotopic (exact) mass is 417 g/mol. The summed E-state index contributed by atoms with van der Waals surface area (Å²) in [6.45, 7) is 6.72. The molecule has 1 aliphatic carbocycles. The van der Waals surface area contributed by atoms with Gasteiger partial charge in [-0.1, -0.05) is 24.3 Å². The molecule has 2 atom stereocenters. The molecule has 0 bridgehead atoms. The summed E-state index contributed by atoms with van der Waals surface area (Å²) in [7, 11) is 1.71. The van der Waals surface area contributed by atoms with Crippen LogP contribution in [0.4, 0.5) is 5.69 Å². The van der Waals surface area contributed by atoms with Crippen molar-refractivity contribution in [2.24, 2.45) is 5.92 Å². The largest absolute Gasteiger partial charge is 0.496 e. The maximum absolute atomic E-state index is 9.78. The van der Waals surface area contributed by atoms with Crippen LogP contribution < -0.4 is 14.8 Å². The first kappa shape index (κ1) is 20.2. The molecule has 4 nitrogen and oxygen atoms in total. The van der Waals surface area contributed by atoms with Crippen molar-refractivity contribution < 1.29 is 14.6 Å². The van der Waals surface area contributed by atoms with E-state index >= 15 is 0 Å². The molecule has 2 aromatic rings. The smallest absolute Gasteiger partial charge is 0.131 e. The maximum Gasteiger partial charge on any atom is 0.131 e. The number of aliphatic hydroxyl groups excluding tert-OH is 1. The second kappa shape index (κ2) is 7.45. The quantitative estimate of drug-likeness (QED) is 0.591. The van der Waals surface area contributed by atoms with Gasteiger partial charge in [0.25, 0.3) is 0 Å². The molecule has 0 spiro atoms. The van der Waals surface area contributed by atoms with Crippen LogP contribution in [0.5, 0.6) is 11.5 Å². The number of nitrogens with one attached hydrogen (secondary N) is 1. The van der Waals surface area contributed by atoms with Gasteiger partial charge in [-0.3, -0.25) is 0 Å². The number of fused-ring (bicyclic) bond motifs is 5. The normalized spacial score (nSPS) is 23.3. The van der Waals surface area contributed by atoms with E-state index in [1.807, 2.05) is 18.2 Å². The molecule has 2 N–H and O–H groups in total. The summed E-state index contributed by atoms with van der Waals surface area (Å²) in [4.78, 5) is 0. The Morgan fingerprint density at radius 3 is 2.81 bits per heavy atom. The Hall–Kier alpha value is -2.72. The molecule has 31 heavy (non-hydrogen) atoms. The Kier molecular flexibility index (Phi) is 4.86. The third-order valence-corrected chi connectivity index (χ3v) is 6.77. The van der Waals surface area contributed by atoms with E-state index in [1.165, 1.54) is 22.3 Å². The first-order valence-corrected chi connectivity index (χ1v) is 11.2. The minimum atomic E-state index is -0.0993. The van der Waals surface area contributed by atoms with Crippen molar-refractivity contribution in [3.63, 3.8) is 0 Å². The third kappa shape index (κ3) is 3.34. The molecule has 5 rings (SSSR count). The summed E-state index contributed by atoms with van der Waals surface area (Å²) in [5.74, 6) is 1.92. The number of allylic oxidation sites excluding steroid dienone is 1. The van der Waals surface area contributed by atoms with Crippen LogP contribution in [0, 0.1) is 5.92 Å². The van der Waals surface area contributed by atoms with E-state index in [1.54, 1.807) is 7.11 Å². The van der Waals surface area contributed by atoms with Crippen molar-refractivity contribution in [2.75, 3.05) is 19.0 Å². The van der Waals surface area contributed by atoms with E-state index in [4.69, 9.17) is 9.47 Å². The van der Waals surface area contributed by atoms with E-state index in [0.717, 1.165) is 47.6 Å². The first-order valence-electron chi connectivity index (χ1n) is 11.2. The lowest BCUT2D eigenvalue weighted by molar-refractivity contribution is 0.143. The fraction of sp³-hybridized carbons (Fsp3) is 0.407. The summed E-state index contributed by atoms with van der Waals surface area (Å²) in [6, 6.07) is 10.4. The summed E-state index contributed by atoms with van der Waals surface area (Å²) in [5.41, 5.74) is 8.12. The standard InChI is InChI=1S/C27H31NO3/c1-16-14-27(2,3)28-20-12-11-19-24-21(30-4)9-6-10-22(24)31-26(25(19)23(16)20)18-8-5-7-17(13-18)15-29/h6,9-14,18,26,28-29H,5,7-8,15H2,1-4H3/t18?,26-/m0/s1. The molecule has 0 aromatic heterocycles. The van der Waals surface area contributed by atoms with Gasteiger partial charge in [-0.2, -0.15) is 0 Å². The molecule has 0 saturated heterocycles. The molecule has 4 heteroatoms. The number of anilines is 1. The summed E-state index contributed by atoms with van der Waals surface area (Å²) >= 11 is 0. The summed E-state index contributed by atoms with van der Waals surface area (Å²) in [5, 5.41) is 13.5. The lowest BCUT2D eigenvalue weighted by Crippen LogP contribution is -2.33. The summed E-state index contributed by atoms with van der Waals surface area (Å²) < 4.78 is 12.5. The van der Waals surface area contributed by atoms with E-state index in [2.05, 4.69) is 50.4 Å². The molecule has 2 aromatic carbocycles. The Balaban J connectivity index is 1.76. The van der Waals surface area contributed by atoms with Gasteiger partial charge in [-0.15, -0.1) is 0 Å². The highest BCUT2D eigenvalue weighted by molar-refractivity contribution is 5.91. The zero-order chi connectivity index (χ0) is 21.8. The predicted molar refractivity (Wildman–Crippen MR) is 126 cm³/mol. The van der Waals surface area contributed by atoms with Gasteiger partial charge in [0.1, 0.15) is 17.6 Å². The lowest BCUT2D eigenvalue weighted by atomic mass is 9.76. The molecule has 2 heterocycles. The highest BCUT2D eigenvalue weighted by atomic mass is 16.5. The van der Waals surface area contributed by atoms with Crippen molar-refractivity contribution in [3.8, 4) is 22.6 Å². The van der Waals surface area contributed by atoms with E-state index in [0.29, 0.717) is 0 Å². The molecule has 2 aliphatic heterocycles. The average molecular weight is 418 g/mol. The van der Waals surface area contributed by atoms with Gasteiger partial charge in [0, 0.05) is 22.7 Å². The molecule has 1 unspecified atom stereocenters. The van der Waals surface area contributed by atoms with Crippen LogP contribution in [0.15, 0.2) is 48.1 Å². The second-order valence-corrected chi connectivity index (χ2v) is 9.53. The Morgan fingerprint density at radius 1 is 1.19 bits per heavy atom. The molecule has 162 valence electrons. The molecule has 0 fully saturated rings. The predicted octanol–water partition coefficient (Wildman–Crippen LogP) is 6.12. The Bertz CT molecular complexity index is 1100. The lowest BCUT2D eigenvalue weighted by Gasteiger charge is -2.40. The van der Waals surface area contributed by atoms with Crippen LogP contribution in [0.25, 0.3) is 16.7 Å². The SMILES string of the molecule is COc1cccc2c1-c1ccc3c(c1[C@H](C1C=C(CO)CCC1)O2)C(C)=CC(C)(C)N3. The van der Waals surface area contributed by atoms with Gasteiger partial charge >= 0.3 is 0 Å². The van der Waals surface area contributed by atoms with Crippen LogP contribution in [-0.4, -0.2) is 24.4 Å². The van der Waals surface area contributed by atoms with Gasteiger partial charge < -0.3 is 19.9 Å². The van der Waals surface area contributed by atoms with Crippen LogP contribution in [-0.2, 0) is 0 Å². The van der Waals surface area contributed by atoms with Crippen molar-refractivity contribution >= 4 is 11.3 Å². The number of hydrogen-bond acceptors (Lipinski definition) is 4. The third-order valence-electron chi connectivity index (χ3n) is 6.77. The van der Waals surface area contributed by atoms with Crippen molar-refractivity contribution in [1.82, 2.24) is 0 Å². The van der Waals surface area contributed by atoms with Crippen LogP contribution in [0.3, 0.4) is 0 Å². The van der Waals surface area contributed by atoms with Gasteiger partial charge in [-0.25, -0.2) is 0 Å². The van der Waals surface area contributed by atoms with Crippen LogP contribution >= 0.6 is 0 Å². The van der Waals surface area contributed by atoms with Crippen molar-refractivity contribution in [1.29, 1.82) is 0 Å². The minimum absolute atomic E-state index is 0.0965. The zero-order valence-electron chi connectivity index (χ0n) is 18.8. The van der Waals surface area contributed by atoms with E-state index < -0.39 is 0 Å². The van der Waals surface area contributed by atoms with Crippen LogP contribution in [0.1, 0.15) is 57.3 Å². The van der Waals surface area contributed by atoms with Gasteiger partial charge in [0.2, 0.25) is 0 Å². The number of benzene rings is 2. The Labute approximate surface area is 184 Å².